The average molecular weight is 255 g/mol. The molecule has 1 aliphatic rings. The first kappa shape index (κ1) is 12.3. The Morgan fingerprint density at radius 2 is 1.82 bits per heavy atom. The first-order valence-electron chi connectivity index (χ1n) is 5.60. The minimum atomic E-state index is -3.60. The molecule has 1 aromatic rings. The van der Waals surface area contributed by atoms with Crippen molar-refractivity contribution in [2.24, 2.45) is 10.9 Å². The SMILES string of the molecule is NC1CCC(Nc2ccc(S(N)(=O)=O)cc2)C1. The number of hydrogen-bond acceptors (Lipinski definition) is 4. The first-order chi connectivity index (χ1) is 7.95. The van der Waals surface area contributed by atoms with Crippen LogP contribution in [0, 0.1) is 0 Å². The van der Waals surface area contributed by atoms with E-state index in [0.717, 1.165) is 24.9 Å². The first-order valence-corrected chi connectivity index (χ1v) is 7.15. The Kier molecular flexibility index (Phi) is 3.37. The summed E-state index contributed by atoms with van der Waals surface area (Å²) < 4.78 is 22.1. The van der Waals surface area contributed by atoms with Crippen LogP contribution in [-0.2, 0) is 10.0 Å². The summed E-state index contributed by atoms with van der Waals surface area (Å²) in [6, 6.07) is 7.12. The molecule has 0 bridgehead atoms. The van der Waals surface area contributed by atoms with Gasteiger partial charge in [0, 0.05) is 17.8 Å². The Morgan fingerprint density at radius 1 is 1.18 bits per heavy atom. The maximum atomic E-state index is 11.1. The highest BCUT2D eigenvalue weighted by atomic mass is 32.2. The van der Waals surface area contributed by atoms with Gasteiger partial charge in [-0.3, -0.25) is 0 Å². The molecule has 2 atom stereocenters. The summed E-state index contributed by atoms with van der Waals surface area (Å²) in [4.78, 5) is 0.131. The van der Waals surface area contributed by atoms with Crippen molar-refractivity contribution in [2.75, 3.05) is 5.32 Å². The molecule has 0 saturated heterocycles. The summed E-state index contributed by atoms with van der Waals surface area (Å²) in [6.07, 6.45) is 3.04. The molecule has 0 heterocycles. The molecule has 17 heavy (non-hydrogen) atoms. The molecule has 94 valence electrons. The Labute approximate surface area is 101 Å². The molecular formula is C11H17N3O2S. The predicted octanol–water partition coefficient (Wildman–Crippen LogP) is 0.626. The summed E-state index contributed by atoms with van der Waals surface area (Å²) in [6.45, 7) is 0. The molecule has 5 nitrogen and oxygen atoms in total. The lowest BCUT2D eigenvalue weighted by molar-refractivity contribution is 0.598. The van der Waals surface area contributed by atoms with Crippen molar-refractivity contribution in [2.45, 2.75) is 36.2 Å². The van der Waals surface area contributed by atoms with E-state index in [0.29, 0.717) is 6.04 Å². The van der Waals surface area contributed by atoms with Gasteiger partial charge in [-0.15, -0.1) is 0 Å². The van der Waals surface area contributed by atoms with Gasteiger partial charge < -0.3 is 11.1 Å². The van der Waals surface area contributed by atoms with E-state index in [9.17, 15) is 8.42 Å². The fourth-order valence-corrected chi connectivity index (χ4v) is 2.64. The molecule has 1 saturated carbocycles. The third kappa shape index (κ3) is 3.18. The summed E-state index contributed by atoms with van der Waals surface area (Å²) in [5.41, 5.74) is 6.72. The van der Waals surface area contributed by atoms with E-state index in [1.807, 2.05) is 0 Å². The van der Waals surface area contributed by atoms with Crippen molar-refractivity contribution in [1.82, 2.24) is 0 Å². The lowest BCUT2D eigenvalue weighted by atomic mass is 10.2. The van der Waals surface area contributed by atoms with E-state index in [2.05, 4.69) is 5.32 Å². The van der Waals surface area contributed by atoms with E-state index < -0.39 is 10.0 Å². The Morgan fingerprint density at radius 3 is 2.29 bits per heavy atom. The van der Waals surface area contributed by atoms with E-state index in [-0.39, 0.29) is 10.9 Å². The lowest BCUT2D eigenvalue weighted by Crippen LogP contribution is -2.20. The van der Waals surface area contributed by atoms with Gasteiger partial charge in [-0.1, -0.05) is 0 Å². The normalized spacial score (nSPS) is 24.8. The second-order valence-electron chi connectivity index (χ2n) is 4.48. The van der Waals surface area contributed by atoms with Gasteiger partial charge in [0.15, 0.2) is 0 Å². The van der Waals surface area contributed by atoms with Crippen LogP contribution in [0.1, 0.15) is 19.3 Å². The maximum absolute atomic E-state index is 11.1. The quantitative estimate of drug-likeness (QED) is 0.737. The molecule has 1 aliphatic carbocycles. The van der Waals surface area contributed by atoms with Crippen molar-refractivity contribution in [3.63, 3.8) is 0 Å². The van der Waals surface area contributed by atoms with Crippen LogP contribution in [0.5, 0.6) is 0 Å². The molecule has 2 rings (SSSR count). The molecule has 6 heteroatoms. The van der Waals surface area contributed by atoms with Crippen LogP contribution in [0.3, 0.4) is 0 Å². The highest BCUT2D eigenvalue weighted by Gasteiger charge is 2.21. The zero-order valence-corrected chi connectivity index (χ0v) is 10.3. The van der Waals surface area contributed by atoms with Crippen molar-refractivity contribution >= 4 is 15.7 Å². The highest BCUT2D eigenvalue weighted by molar-refractivity contribution is 7.89. The zero-order valence-electron chi connectivity index (χ0n) is 9.46. The van der Waals surface area contributed by atoms with Gasteiger partial charge in [0.1, 0.15) is 0 Å². The third-order valence-electron chi connectivity index (χ3n) is 3.03. The van der Waals surface area contributed by atoms with Gasteiger partial charge in [0.2, 0.25) is 10.0 Å². The van der Waals surface area contributed by atoms with Crippen LogP contribution in [0.25, 0.3) is 0 Å². The summed E-state index contributed by atoms with van der Waals surface area (Å²) in [5.74, 6) is 0. The number of rotatable bonds is 3. The number of sulfonamides is 1. The maximum Gasteiger partial charge on any atom is 0.238 e. The van der Waals surface area contributed by atoms with E-state index in [4.69, 9.17) is 10.9 Å². The Hall–Kier alpha value is -1.11. The van der Waals surface area contributed by atoms with Crippen LogP contribution >= 0.6 is 0 Å². The summed E-state index contributed by atoms with van der Waals surface area (Å²) in [7, 11) is -3.60. The molecule has 0 spiro atoms. The average Bonchev–Trinajstić information content (AvgIpc) is 2.63. The number of hydrogen-bond donors (Lipinski definition) is 3. The molecule has 0 aromatic heterocycles. The lowest BCUT2D eigenvalue weighted by Gasteiger charge is -2.13. The summed E-state index contributed by atoms with van der Waals surface area (Å²) >= 11 is 0. The number of nitrogens with two attached hydrogens (primary N) is 2. The number of primary sulfonamides is 1. The van der Waals surface area contributed by atoms with Crippen molar-refractivity contribution in [3.05, 3.63) is 24.3 Å². The van der Waals surface area contributed by atoms with Gasteiger partial charge >= 0.3 is 0 Å². The second kappa shape index (κ2) is 4.64. The molecule has 1 aromatic carbocycles. The van der Waals surface area contributed by atoms with E-state index >= 15 is 0 Å². The predicted molar refractivity (Wildman–Crippen MR) is 67.1 cm³/mol. The van der Waals surface area contributed by atoms with Crippen LogP contribution in [0.2, 0.25) is 0 Å². The van der Waals surface area contributed by atoms with Crippen LogP contribution in [0.4, 0.5) is 5.69 Å². The van der Waals surface area contributed by atoms with Gasteiger partial charge in [0.05, 0.1) is 4.90 Å². The Bertz CT molecular complexity index is 484. The molecular weight excluding hydrogens is 238 g/mol. The molecule has 0 radical (unpaired) electrons. The number of nitrogens with one attached hydrogen (secondary N) is 1. The van der Waals surface area contributed by atoms with E-state index in [1.165, 1.54) is 12.1 Å². The summed E-state index contributed by atoms with van der Waals surface area (Å²) in [5, 5.41) is 8.36. The van der Waals surface area contributed by atoms with Gasteiger partial charge in [0.25, 0.3) is 0 Å². The second-order valence-corrected chi connectivity index (χ2v) is 6.05. The number of anilines is 1. The van der Waals surface area contributed by atoms with Crippen molar-refractivity contribution in [3.8, 4) is 0 Å². The van der Waals surface area contributed by atoms with Crippen LogP contribution < -0.4 is 16.2 Å². The zero-order chi connectivity index (χ0) is 12.5. The largest absolute Gasteiger partial charge is 0.382 e. The molecule has 0 amide bonds. The van der Waals surface area contributed by atoms with Crippen molar-refractivity contribution in [1.29, 1.82) is 0 Å². The molecule has 1 fully saturated rings. The van der Waals surface area contributed by atoms with Gasteiger partial charge in [-0.25, -0.2) is 13.6 Å². The number of benzene rings is 1. The third-order valence-corrected chi connectivity index (χ3v) is 3.96. The molecule has 5 N–H and O–H groups in total. The fourth-order valence-electron chi connectivity index (χ4n) is 2.12. The van der Waals surface area contributed by atoms with E-state index in [1.54, 1.807) is 12.1 Å². The molecule has 2 unspecified atom stereocenters. The van der Waals surface area contributed by atoms with Crippen LogP contribution in [-0.4, -0.2) is 20.5 Å². The fraction of sp³-hybridized carbons (Fsp3) is 0.455. The van der Waals surface area contributed by atoms with Gasteiger partial charge in [-0.2, -0.15) is 0 Å². The standard InChI is InChI=1S/C11H17N3O2S/c12-8-1-2-10(7-8)14-9-3-5-11(6-4-9)17(13,15)16/h3-6,8,10,14H,1-2,7,12H2,(H2,13,15,16). The van der Waals surface area contributed by atoms with Crippen LogP contribution in [0.15, 0.2) is 29.2 Å². The minimum Gasteiger partial charge on any atom is -0.382 e. The smallest absolute Gasteiger partial charge is 0.238 e. The topological polar surface area (TPSA) is 98.2 Å². The van der Waals surface area contributed by atoms with Crippen molar-refractivity contribution < 1.29 is 8.42 Å². The minimum absolute atomic E-state index is 0.131. The molecule has 0 aliphatic heterocycles. The Balaban J connectivity index is 2.04. The monoisotopic (exact) mass is 255 g/mol. The highest BCUT2D eigenvalue weighted by Crippen LogP contribution is 2.22. The van der Waals surface area contributed by atoms with Gasteiger partial charge in [-0.05, 0) is 43.5 Å².